The number of aliphatic carboxylic acids is 2. The van der Waals surface area contributed by atoms with Gasteiger partial charge in [0.2, 0.25) is 0 Å². The van der Waals surface area contributed by atoms with Gasteiger partial charge in [-0.25, -0.2) is 0 Å². The van der Waals surface area contributed by atoms with Crippen LogP contribution >= 0.6 is 0 Å². The standard InChI is InChI=1S/C10H18O4.C6H12O2.2Na/c1-6(2)10(9(12)13)4-8(11)7(3)5-14-10;1-4(2)5(3)6(7)8;;/h6-8,11H,4-5H2,1-3H3,(H,12,13);4-5H,1-3H3,(H,7,8);;/q;;2*+1/p-2/t7-,8+,10-;;;/m0.../s1. The summed E-state index contributed by atoms with van der Waals surface area (Å²) < 4.78 is 5.35. The summed E-state index contributed by atoms with van der Waals surface area (Å²) in [5, 5.41) is 30.7. The van der Waals surface area contributed by atoms with Gasteiger partial charge in [0.1, 0.15) is 5.60 Å². The van der Waals surface area contributed by atoms with Crippen LogP contribution in [0.1, 0.15) is 48.0 Å². The maximum atomic E-state index is 11.0. The van der Waals surface area contributed by atoms with E-state index in [2.05, 4.69) is 0 Å². The fourth-order valence-electron chi connectivity index (χ4n) is 2.01. The fraction of sp³-hybridized carbons (Fsp3) is 0.875. The van der Waals surface area contributed by atoms with E-state index in [-0.39, 0.29) is 95.8 Å². The van der Waals surface area contributed by atoms with Crippen LogP contribution in [0.3, 0.4) is 0 Å². The Labute approximate surface area is 189 Å². The van der Waals surface area contributed by atoms with Crippen LogP contribution in [-0.4, -0.2) is 35.4 Å². The van der Waals surface area contributed by atoms with Crippen LogP contribution in [0.5, 0.6) is 0 Å². The molecule has 6 nitrogen and oxygen atoms in total. The molecular formula is C16H28Na2O6. The summed E-state index contributed by atoms with van der Waals surface area (Å²) in [6.45, 7) is 11.0. The number of carbonyl (C=O) groups excluding carboxylic acids is 2. The van der Waals surface area contributed by atoms with Gasteiger partial charge in [0.25, 0.3) is 0 Å². The number of aliphatic hydroxyl groups is 1. The molecule has 1 heterocycles. The molecule has 1 unspecified atom stereocenters. The van der Waals surface area contributed by atoms with Crippen molar-refractivity contribution in [3.63, 3.8) is 0 Å². The molecule has 4 atom stereocenters. The third kappa shape index (κ3) is 8.49. The molecule has 0 saturated carbocycles. The maximum absolute atomic E-state index is 11.0. The van der Waals surface area contributed by atoms with Crippen LogP contribution < -0.4 is 69.3 Å². The molecule has 1 saturated heterocycles. The van der Waals surface area contributed by atoms with Crippen LogP contribution in [0.25, 0.3) is 0 Å². The molecular weight excluding hydrogens is 334 g/mol. The van der Waals surface area contributed by atoms with Crippen molar-refractivity contribution in [2.45, 2.75) is 59.7 Å². The number of hydrogen-bond donors (Lipinski definition) is 1. The first kappa shape index (κ1) is 29.6. The molecule has 0 radical (unpaired) electrons. The van der Waals surface area contributed by atoms with Gasteiger partial charge in [-0.05, 0) is 17.8 Å². The first-order chi connectivity index (χ1) is 9.95. The zero-order valence-electron chi connectivity index (χ0n) is 16.3. The summed E-state index contributed by atoms with van der Waals surface area (Å²) in [5.41, 5.74) is -1.31. The third-order valence-electron chi connectivity index (χ3n) is 4.42. The molecule has 0 aromatic carbocycles. The van der Waals surface area contributed by atoms with Crippen molar-refractivity contribution in [3.8, 4) is 0 Å². The number of hydrogen-bond acceptors (Lipinski definition) is 6. The minimum absolute atomic E-state index is 0. The van der Waals surface area contributed by atoms with Gasteiger partial charge in [-0.3, -0.25) is 0 Å². The summed E-state index contributed by atoms with van der Waals surface area (Å²) in [5.74, 6) is -2.54. The summed E-state index contributed by atoms with van der Waals surface area (Å²) in [6, 6.07) is 0. The van der Waals surface area contributed by atoms with Crippen molar-refractivity contribution in [2.24, 2.45) is 23.7 Å². The minimum atomic E-state index is -1.31. The van der Waals surface area contributed by atoms with Gasteiger partial charge in [-0.15, -0.1) is 0 Å². The zero-order chi connectivity index (χ0) is 17.7. The molecule has 1 aliphatic heterocycles. The van der Waals surface area contributed by atoms with E-state index in [0.29, 0.717) is 0 Å². The number of carbonyl (C=O) groups is 2. The molecule has 24 heavy (non-hydrogen) atoms. The molecule has 1 rings (SSSR count). The van der Waals surface area contributed by atoms with E-state index in [1.54, 1.807) is 20.8 Å². The molecule has 0 aromatic rings. The van der Waals surface area contributed by atoms with E-state index in [4.69, 9.17) is 4.74 Å². The van der Waals surface area contributed by atoms with E-state index in [9.17, 15) is 24.9 Å². The van der Waals surface area contributed by atoms with E-state index in [1.165, 1.54) is 0 Å². The smallest absolute Gasteiger partial charge is 0.550 e. The SMILES string of the molecule is CC(C)C(C)C(=O)[O-].CC(C)[C@]1(C(=O)[O-])C[C@@H](O)[C@@H](C)CO1.[Na+].[Na+]. The number of carboxylic acid groups (broad SMARTS) is 2. The van der Waals surface area contributed by atoms with Crippen LogP contribution in [0.15, 0.2) is 0 Å². The number of carboxylic acids is 2. The molecule has 130 valence electrons. The van der Waals surface area contributed by atoms with Crippen molar-refractivity contribution in [2.75, 3.05) is 6.61 Å². The van der Waals surface area contributed by atoms with Gasteiger partial charge in [-0.2, -0.15) is 0 Å². The Balaban J connectivity index is -0.000000386. The Morgan fingerprint density at radius 3 is 1.79 bits per heavy atom. The maximum Gasteiger partial charge on any atom is 1.00 e. The second kappa shape index (κ2) is 13.1. The van der Waals surface area contributed by atoms with E-state index >= 15 is 0 Å². The van der Waals surface area contributed by atoms with Gasteiger partial charge in [0.15, 0.2) is 0 Å². The summed E-state index contributed by atoms with van der Waals surface area (Å²) in [4.78, 5) is 21.1. The Morgan fingerprint density at radius 1 is 1.12 bits per heavy atom. The van der Waals surface area contributed by atoms with Gasteiger partial charge in [-0.1, -0.05) is 41.5 Å². The Morgan fingerprint density at radius 2 is 1.58 bits per heavy atom. The van der Waals surface area contributed by atoms with E-state index in [0.717, 1.165) is 0 Å². The molecule has 0 amide bonds. The molecule has 8 heteroatoms. The molecule has 0 spiro atoms. The second-order valence-corrected chi connectivity index (χ2v) is 6.74. The predicted octanol–water partition coefficient (Wildman–Crippen LogP) is -6.42. The molecule has 1 fully saturated rings. The van der Waals surface area contributed by atoms with Gasteiger partial charge in [0, 0.05) is 18.3 Å². The molecule has 0 bridgehead atoms. The largest absolute Gasteiger partial charge is 1.00 e. The van der Waals surface area contributed by atoms with Crippen LogP contribution in [0.4, 0.5) is 0 Å². The van der Waals surface area contributed by atoms with Gasteiger partial charge in [0.05, 0.1) is 18.7 Å². The normalized spacial score (nSPS) is 27.2. The Kier molecular flexibility index (Phi) is 16.2. The molecule has 0 aliphatic carbocycles. The van der Waals surface area contributed by atoms with Crippen molar-refractivity contribution in [1.82, 2.24) is 0 Å². The van der Waals surface area contributed by atoms with Crippen LogP contribution in [0, 0.1) is 23.7 Å². The van der Waals surface area contributed by atoms with Crippen LogP contribution in [-0.2, 0) is 14.3 Å². The van der Waals surface area contributed by atoms with E-state index < -0.39 is 23.6 Å². The summed E-state index contributed by atoms with van der Waals surface area (Å²) >= 11 is 0. The van der Waals surface area contributed by atoms with Gasteiger partial charge < -0.3 is 29.6 Å². The predicted molar refractivity (Wildman–Crippen MR) is 77.3 cm³/mol. The van der Waals surface area contributed by atoms with E-state index in [1.807, 2.05) is 20.8 Å². The Bertz CT molecular complexity index is 389. The number of ether oxygens (including phenoxy) is 1. The fourth-order valence-corrected chi connectivity index (χ4v) is 2.01. The van der Waals surface area contributed by atoms with Crippen molar-refractivity contribution >= 4 is 11.9 Å². The van der Waals surface area contributed by atoms with Crippen molar-refractivity contribution < 1.29 is 88.8 Å². The average Bonchev–Trinajstić information content (AvgIpc) is 2.40. The summed E-state index contributed by atoms with van der Waals surface area (Å²) in [7, 11) is 0. The first-order valence-electron chi connectivity index (χ1n) is 7.70. The summed E-state index contributed by atoms with van der Waals surface area (Å²) in [6.07, 6.45) is -0.502. The molecule has 1 aliphatic rings. The number of aliphatic hydroxyl groups excluding tert-OH is 1. The van der Waals surface area contributed by atoms with Gasteiger partial charge >= 0.3 is 59.1 Å². The second-order valence-electron chi connectivity index (χ2n) is 6.74. The zero-order valence-corrected chi connectivity index (χ0v) is 20.3. The van der Waals surface area contributed by atoms with Crippen molar-refractivity contribution in [3.05, 3.63) is 0 Å². The molecule has 0 aromatic heterocycles. The average molecular weight is 362 g/mol. The monoisotopic (exact) mass is 362 g/mol. The van der Waals surface area contributed by atoms with Crippen molar-refractivity contribution in [1.29, 1.82) is 0 Å². The Hall–Kier alpha value is 0.860. The minimum Gasteiger partial charge on any atom is -0.550 e. The molecule has 1 N–H and O–H groups in total. The first-order valence-corrected chi connectivity index (χ1v) is 7.70. The number of rotatable bonds is 4. The quantitative estimate of drug-likeness (QED) is 0.498. The third-order valence-corrected chi connectivity index (χ3v) is 4.42. The van der Waals surface area contributed by atoms with Crippen LogP contribution in [0.2, 0.25) is 0 Å². The topological polar surface area (TPSA) is 110 Å².